The van der Waals surface area contributed by atoms with Crippen molar-refractivity contribution in [2.24, 2.45) is 29.4 Å². The lowest BCUT2D eigenvalue weighted by atomic mass is 9.76. The van der Waals surface area contributed by atoms with Gasteiger partial charge in [-0.2, -0.15) is 12.7 Å². The van der Waals surface area contributed by atoms with Gasteiger partial charge in [0.2, 0.25) is 11.8 Å². The number of ether oxygens (including phenoxy) is 1. The molecule has 6 rings (SSSR count). The Morgan fingerprint density at radius 3 is 2.38 bits per heavy atom. The van der Waals surface area contributed by atoms with Crippen molar-refractivity contribution in [2.45, 2.75) is 76.3 Å². The van der Waals surface area contributed by atoms with Gasteiger partial charge in [-0.1, -0.05) is 32.1 Å². The second-order valence-electron chi connectivity index (χ2n) is 13.6. The van der Waals surface area contributed by atoms with E-state index in [0.29, 0.717) is 54.8 Å². The van der Waals surface area contributed by atoms with Crippen LogP contribution in [0.3, 0.4) is 0 Å². The fourth-order valence-corrected chi connectivity index (χ4v) is 9.17. The van der Waals surface area contributed by atoms with Crippen molar-refractivity contribution in [3.8, 4) is 0 Å². The molecule has 2 aromatic rings. The van der Waals surface area contributed by atoms with Crippen LogP contribution < -0.4 is 15.8 Å². The molecule has 2 saturated carbocycles. The highest BCUT2D eigenvalue weighted by molar-refractivity contribution is 7.87. The molecule has 1 aromatic carbocycles. The van der Waals surface area contributed by atoms with Crippen LogP contribution in [0.2, 0.25) is 0 Å². The smallest absolute Gasteiger partial charge is 0.304 e. The number of amides is 3. The van der Waals surface area contributed by atoms with Gasteiger partial charge in [0.05, 0.1) is 13.2 Å². The van der Waals surface area contributed by atoms with E-state index in [0.717, 1.165) is 36.4 Å². The second kappa shape index (κ2) is 14.6. The van der Waals surface area contributed by atoms with Crippen molar-refractivity contribution >= 4 is 44.6 Å². The molecule has 47 heavy (non-hydrogen) atoms. The summed E-state index contributed by atoms with van der Waals surface area (Å²) in [6.07, 6.45) is 9.05. The molecule has 0 bridgehead atoms. The molecule has 12 nitrogen and oxygen atoms in total. The molecule has 2 saturated heterocycles. The van der Waals surface area contributed by atoms with Crippen LogP contribution in [0.4, 0.5) is 10.1 Å². The standard InChI is InChI=1S/C33H46FN5O7S/c34-20-27(35)22-6-8-23(9-7-22)33(42)39-13-12-26(21-4-2-1-3-5-21)30(39)32(41)36-25-10-11-28-24(18-25)19-29(46-28)31(40)37-47(43,44)38-14-16-45-17-15-38/h10-11,18-19,21-23,26-27,30H,1-9,12-17,20,35H2,(H,36,41)(H,37,40)/t22?,23?,26?,27-,30+/m1/s1. The van der Waals surface area contributed by atoms with Gasteiger partial charge in [-0.3, -0.25) is 14.4 Å². The molecule has 4 aliphatic rings. The van der Waals surface area contributed by atoms with E-state index in [1.165, 1.54) is 12.5 Å². The summed E-state index contributed by atoms with van der Waals surface area (Å²) in [4.78, 5) is 42.6. The van der Waals surface area contributed by atoms with E-state index in [2.05, 4.69) is 10.0 Å². The molecule has 1 aromatic heterocycles. The van der Waals surface area contributed by atoms with E-state index in [4.69, 9.17) is 14.9 Å². The number of anilines is 1. The molecule has 0 radical (unpaired) electrons. The summed E-state index contributed by atoms with van der Waals surface area (Å²) in [7, 11) is -4.06. The fraction of sp³-hybridized carbons (Fsp3) is 0.667. The summed E-state index contributed by atoms with van der Waals surface area (Å²) in [5, 5.41) is 3.55. The lowest BCUT2D eigenvalue weighted by Gasteiger charge is -2.36. The van der Waals surface area contributed by atoms with E-state index in [-0.39, 0.29) is 61.6 Å². The Morgan fingerprint density at radius 2 is 1.68 bits per heavy atom. The number of hydrogen-bond acceptors (Lipinski definition) is 8. The molecule has 4 N–H and O–H groups in total. The number of halogens is 1. The highest BCUT2D eigenvalue weighted by Gasteiger charge is 2.47. The van der Waals surface area contributed by atoms with Gasteiger partial charge in [-0.25, -0.2) is 9.11 Å². The number of fused-ring (bicyclic) bond motifs is 1. The SMILES string of the molecule is N[C@H](CF)C1CCC(C(=O)N2CCC(C3CCCCC3)[C@H]2C(=O)Nc2ccc3oc(C(=O)NS(=O)(=O)N4CCOCC4)cc3c2)CC1. The van der Waals surface area contributed by atoms with Gasteiger partial charge in [0, 0.05) is 42.7 Å². The molecule has 2 aliphatic heterocycles. The summed E-state index contributed by atoms with van der Waals surface area (Å²) in [6.45, 7) is 0.771. The first-order chi connectivity index (χ1) is 22.6. The third kappa shape index (κ3) is 7.50. The van der Waals surface area contributed by atoms with Crippen LogP contribution in [-0.4, -0.2) is 87.0 Å². The molecule has 0 spiro atoms. The maximum absolute atomic E-state index is 14.1. The van der Waals surface area contributed by atoms with Gasteiger partial charge in [0.25, 0.3) is 0 Å². The van der Waals surface area contributed by atoms with Crippen LogP contribution >= 0.6 is 0 Å². The Hall–Kier alpha value is -3.07. The highest BCUT2D eigenvalue weighted by Crippen LogP contribution is 2.41. The Kier molecular flexibility index (Phi) is 10.5. The number of alkyl halides is 1. The minimum atomic E-state index is -4.06. The number of nitrogens with zero attached hydrogens (tertiary/aromatic N) is 2. The number of morpholine rings is 1. The van der Waals surface area contributed by atoms with E-state index in [1.54, 1.807) is 23.1 Å². The molecule has 3 amide bonds. The first-order valence-electron chi connectivity index (χ1n) is 17.0. The molecule has 2 aliphatic carbocycles. The van der Waals surface area contributed by atoms with Crippen molar-refractivity contribution in [3.63, 3.8) is 0 Å². The number of rotatable bonds is 9. The van der Waals surface area contributed by atoms with E-state index >= 15 is 0 Å². The molecular weight excluding hydrogens is 629 g/mol. The van der Waals surface area contributed by atoms with Crippen molar-refractivity contribution in [3.05, 3.63) is 30.0 Å². The topological polar surface area (TPSA) is 164 Å². The molecule has 3 heterocycles. The summed E-state index contributed by atoms with van der Waals surface area (Å²) < 4.78 is 52.5. The predicted molar refractivity (Wildman–Crippen MR) is 173 cm³/mol. The summed E-state index contributed by atoms with van der Waals surface area (Å²) in [6, 6.07) is 5.32. The molecule has 3 atom stereocenters. The zero-order chi connectivity index (χ0) is 33.1. The minimum absolute atomic E-state index is 0.00343. The van der Waals surface area contributed by atoms with Gasteiger partial charge in [0.1, 0.15) is 18.3 Å². The van der Waals surface area contributed by atoms with Gasteiger partial charge < -0.3 is 25.1 Å². The Balaban J connectivity index is 1.16. The van der Waals surface area contributed by atoms with Crippen LogP contribution in [0.1, 0.15) is 74.8 Å². The Bertz CT molecular complexity index is 1550. The summed E-state index contributed by atoms with van der Waals surface area (Å²) in [5.74, 6) is -0.978. The molecule has 1 unspecified atom stereocenters. The number of hydrogen-bond donors (Lipinski definition) is 3. The number of nitrogens with one attached hydrogen (secondary N) is 2. The average Bonchev–Trinajstić information content (AvgIpc) is 3.73. The normalized spacial score (nSPS) is 27.1. The van der Waals surface area contributed by atoms with E-state index in [9.17, 15) is 27.2 Å². The van der Waals surface area contributed by atoms with Crippen molar-refractivity contribution in [1.29, 1.82) is 0 Å². The van der Waals surface area contributed by atoms with Crippen LogP contribution in [0.5, 0.6) is 0 Å². The average molecular weight is 676 g/mol. The van der Waals surface area contributed by atoms with Crippen LogP contribution in [0.25, 0.3) is 11.0 Å². The third-order valence-electron chi connectivity index (χ3n) is 10.7. The number of nitrogens with two attached hydrogens (primary N) is 1. The van der Waals surface area contributed by atoms with Gasteiger partial charge in [-0.15, -0.1) is 0 Å². The number of carbonyl (C=O) groups excluding carboxylic acids is 3. The summed E-state index contributed by atoms with van der Waals surface area (Å²) in [5.41, 5.74) is 6.80. The lowest BCUT2D eigenvalue weighted by molar-refractivity contribution is -0.142. The van der Waals surface area contributed by atoms with Crippen molar-refractivity contribution in [2.75, 3.05) is 44.8 Å². The van der Waals surface area contributed by atoms with E-state index < -0.39 is 34.9 Å². The maximum atomic E-state index is 14.1. The first-order valence-corrected chi connectivity index (χ1v) is 18.4. The van der Waals surface area contributed by atoms with Gasteiger partial charge >= 0.3 is 16.1 Å². The second-order valence-corrected chi connectivity index (χ2v) is 15.2. The van der Waals surface area contributed by atoms with Gasteiger partial charge in [0.15, 0.2) is 5.76 Å². The Labute approximate surface area is 275 Å². The fourth-order valence-electron chi connectivity index (χ4n) is 8.08. The first kappa shape index (κ1) is 33.8. The van der Waals surface area contributed by atoms with Crippen LogP contribution in [0.15, 0.2) is 28.7 Å². The molecule has 14 heteroatoms. The third-order valence-corrected chi connectivity index (χ3v) is 12.2. The zero-order valence-electron chi connectivity index (χ0n) is 26.7. The zero-order valence-corrected chi connectivity index (χ0v) is 27.5. The van der Waals surface area contributed by atoms with Crippen LogP contribution in [0, 0.1) is 23.7 Å². The lowest BCUT2D eigenvalue weighted by Crippen LogP contribution is -2.50. The quantitative estimate of drug-likeness (QED) is 0.363. The maximum Gasteiger partial charge on any atom is 0.304 e. The number of benzene rings is 1. The predicted octanol–water partition coefficient (Wildman–Crippen LogP) is 3.58. The molecular formula is C33H46FN5O7S. The largest absolute Gasteiger partial charge is 0.451 e. The van der Waals surface area contributed by atoms with Gasteiger partial charge in [-0.05, 0) is 74.1 Å². The monoisotopic (exact) mass is 675 g/mol. The number of carbonyl (C=O) groups is 3. The van der Waals surface area contributed by atoms with Crippen molar-refractivity contribution < 1.29 is 36.3 Å². The van der Waals surface area contributed by atoms with E-state index in [1.807, 2.05) is 0 Å². The minimum Gasteiger partial charge on any atom is -0.451 e. The van der Waals surface area contributed by atoms with Crippen molar-refractivity contribution in [1.82, 2.24) is 13.9 Å². The number of furan rings is 1. The van der Waals surface area contributed by atoms with Crippen LogP contribution in [-0.2, 0) is 24.5 Å². The molecule has 258 valence electrons. The summed E-state index contributed by atoms with van der Waals surface area (Å²) >= 11 is 0. The number of likely N-dealkylation sites (tertiary alicyclic amines) is 1. The highest BCUT2D eigenvalue weighted by atomic mass is 32.2. The molecule has 4 fully saturated rings. The Morgan fingerprint density at radius 1 is 0.957 bits per heavy atom.